The molecule has 0 saturated carbocycles. The molecule has 3 rings (SSSR count). The summed E-state index contributed by atoms with van der Waals surface area (Å²) < 4.78 is 29.1. The van der Waals surface area contributed by atoms with E-state index in [-0.39, 0.29) is 4.90 Å². The summed E-state index contributed by atoms with van der Waals surface area (Å²) in [5.74, 6) is 0. The highest BCUT2D eigenvalue weighted by Gasteiger charge is 2.19. The summed E-state index contributed by atoms with van der Waals surface area (Å²) in [4.78, 5) is 4.22. The van der Waals surface area contributed by atoms with E-state index in [4.69, 9.17) is 0 Å². The van der Waals surface area contributed by atoms with Gasteiger partial charge in [-0.15, -0.1) is 0 Å². The van der Waals surface area contributed by atoms with Gasteiger partial charge in [-0.3, -0.25) is 9.71 Å². The van der Waals surface area contributed by atoms with Crippen LogP contribution in [0.1, 0.15) is 0 Å². The van der Waals surface area contributed by atoms with Gasteiger partial charge >= 0.3 is 0 Å². The summed E-state index contributed by atoms with van der Waals surface area (Å²) in [6.45, 7) is 0. The number of nitrogens with one attached hydrogen (secondary N) is 1. The van der Waals surface area contributed by atoms with Crippen LogP contribution in [0.5, 0.6) is 0 Å². The van der Waals surface area contributed by atoms with E-state index in [9.17, 15) is 8.42 Å². The summed E-state index contributed by atoms with van der Waals surface area (Å²) in [6, 6.07) is 12.2. The minimum atomic E-state index is -3.71. The Kier molecular flexibility index (Phi) is 4.20. The van der Waals surface area contributed by atoms with Crippen LogP contribution >= 0.6 is 31.9 Å². The molecule has 0 aliphatic carbocycles. The Morgan fingerprint density at radius 3 is 2.68 bits per heavy atom. The number of rotatable bonds is 3. The number of sulfonamides is 1. The summed E-state index contributed by atoms with van der Waals surface area (Å²) in [6.07, 6.45) is 3.33. The Balaban J connectivity index is 2.09. The summed E-state index contributed by atoms with van der Waals surface area (Å²) >= 11 is 6.57. The quantitative estimate of drug-likeness (QED) is 0.647. The lowest BCUT2D eigenvalue weighted by molar-refractivity contribution is 0.600. The molecule has 0 saturated heterocycles. The van der Waals surface area contributed by atoms with Gasteiger partial charge in [-0.05, 0) is 46.3 Å². The van der Waals surface area contributed by atoms with E-state index < -0.39 is 10.0 Å². The van der Waals surface area contributed by atoms with Crippen LogP contribution in [0.15, 0.2) is 68.7 Å². The summed E-state index contributed by atoms with van der Waals surface area (Å²) in [5, 5.41) is 1.67. The SMILES string of the molecule is O=S(=O)(Nc1cccc2cnccc12)c1cc(Br)ccc1Br. The monoisotopic (exact) mass is 440 g/mol. The highest BCUT2D eigenvalue weighted by molar-refractivity contribution is 9.11. The molecule has 22 heavy (non-hydrogen) atoms. The first-order valence-electron chi connectivity index (χ1n) is 6.28. The van der Waals surface area contributed by atoms with E-state index in [0.717, 1.165) is 10.8 Å². The van der Waals surface area contributed by atoms with Crippen molar-refractivity contribution in [3.63, 3.8) is 0 Å². The molecule has 2 aromatic carbocycles. The van der Waals surface area contributed by atoms with Gasteiger partial charge in [0.05, 0.1) is 5.69 Å². The van der Waals surface area contributed by atoms with Crippen molar-refractivity contribution in [3.8, 4) is 0 Å². The van der Waals surface area contributed by atoms with Crippen molar-refractivity contribution in [2.24, 2.45) is 0 Å². The van der Waals surface area contributed by atoms with Crippen LogP contribution in [0.25, 0.3) is 10.8 Å². The molecule has 0 atom stereocenters. The zero-order valence-electron chi connectivity index (χ0n) is 11.1. The third kappa shape index (κ3) is 3.02. The maximum atomic E-state index is 12.6. The second-order valence-electron chi connectivity index (χ2n) is 4.58. The fourth-order valence-corrected chi connectivity index (χ4v) is 4.68. The Morgan fingerprint density at radius 2 is 1.86 bits per heavy atom. The lowest BCUT2D eigenvalue weighted by atomic mass is 10.1. The number of aromatic nitrogens is 1. The van der Waals surface area contributed by atoms with Gasteiger partial charge in [0.1, 0.15) is 4.90 Å². The van der Waals surface area contributed by atoms with Crippen LogP contribution in [-0.2, 0) is 10.0 Å². The first kappa shape index (κ1) is 15.5. The molecule has 7 heteroatoms. The molecule has 4 nitrogen and oxygen atoms in total. The molecule has 0 unspecified atom stereocenters. The second-order valence-corrected chi connectivity index (χ2v) is 8.00. The van der Waals surface area contributed by atoms with Crippen molar-refractivity contribution in [2.45, 2.75) is 4.90 Å². The number of halogens is 2. The fraction of sp³-hybridized carbons (Fsp3) is 0. The van der Waals surface area contributed by atoms with Crippen LogP contribution in [0.4, 0.5) is 5.69 Å². The zero-order valence-corrected chi connectivity index (χ0v) is 15.1. The molecule has 0 spiro atoms. The summed E-state index contributed by atoms with van der Waals surface area (Å²) in [5.41, 5.74) is 0.520. The number of nitrogens with zero attached hydrogens (tertiary/aromatic N) is 1. The van der Waals surface area contributed by atoms with E-state index in [0.29, 0.717) is 14.6 Å². The predicted molar refractivity (Wildman–Crippen MR) is 94.4 cm³/mol. The molecule has 1 N–H and O–H groups in total. The highest BCUT2D eigenvalue weighted by atomic mass is 79.9. The largest absolute Gasteiger partial charge is 0.279 e. The Labute approximate surface area is 144 Å². The van der Waals surface area contributed by atoms with Crippen LogP contribution in [0, 0.1) is 0 Å². The van der Waals surface area contributed by atoms with Gasteiger partial charge in [0.25, 0.3) is 10.0 Å². The molecule has 0 fully saturated rings. The van der Waals surface area contributed by atoms with Gasteiger partial charge < -0.3 is 0 Å². The van der Waals surface area contributed by atoms with Gasteiger partial charge in [0, 0.05) is 32.1 Å². The molecule has 0 aliphatic rings. The number of hydrogen-bond acceptors (Lipinski definition) is 3. The van der Waals surface area contributed by atoms with Crippen molar-refractivity contribution in [1.29, 1.82) is 0 Å². The number of fused-ring (bicyclic) bond motifs is 1. The third-order valence-corrected chi connectivity index (χ3v) is 5.96. The van der Waals surface area contributed by atoms with E-state index in [1.54, 1.807) is 48.8 Å². The maximum absolute atomic E-state index is 12.6. The Morgan fingerprint density at radius 1 is 1.05 bits per heavy atom. The maximum Gasteiger partial charge on any atom is 0.263 e. The van der Waals surface area contributed by atoms with Gasteiger partial charge in [0.2, 0.25) is 0 Å². The third-order valence-electron chi connectivity index (χ3n) is 3.11. The number of pyridine rings is 1. The van der Waals surface area contributed by atoms with Crippen LogP contribution < -0.4 is 4.72 Å². The number of hydrogen-bond donors (Lipinski definition) is 1. The minimum absolute atomic E-state index is 0.174. The Hall–Kier alpha value is -1.44. The molecular formula is C15H10Br2N2O2S. The molecule has 112 valence electrons. The van der Waals surface area contributed by atoms with E-state index >= 15 is 0 Å². The van der Waals surface area contributed by atoms with Gasteiger partial charge in [-0.25, -0.2) is 8.42 Å². The highest BCUT2D eigenvalue weighted by Crippen LogP contribution is 2.29. The molecule has 1 aromatic heterocycles. The van der Waals surface area contributed by atoms with Crippen LogP contribution in [0.2, 0.25) is 0 Å². The van der Waals surface area contributed by atoms with E-state index in [2.05, 4.69) is 41.6 Å². The minimum Gasteiger partial charge on any atom is -0.279 e. The molecule has 0 amide bonds. The zero-order chi connectivity index (χ0) is 15.7. The van der Waals surface area contributed by atoms with Gasteiger partial charge in [0.15, 0.2) is 0 Å². The lowest BCUT2D eigenvalue weighted by Crippen LogP contribution is -2.13. The first-order chi connectivity index (χ1) is 10.5. The Bertz CT molecular complexity index is 953. The van der Waals surface area contributed by atoms with Crippen LogP contribution in [0.3, 0.4) is 0 Å². The smallest absolute Gasteiger partial charge is 0.263 e. The molecule has 3 aromatic rings. The first-order valence-corrected chi connectivity index (χ1v) is 9.35. The average Bonchev–Trinajstić information content (AvgIpc) is 2.50. The second kappa shape index (κ2) is 5.98. The van der Waals surface area contributed by atoms with Crippen molar-refractivity contribution < 1.29 is 8.42 Å². The van der Waals surface area contributed by atoms with Crippen molar-refractivity contribution in [2.75, 3.05) is 4.72 Å². The fourth-order valence-electron chi connectivity index (χ4n) is 2.09. The van der Waals surface area contributed by atoms with Gasteiger partial charge in [-0.1, -0.05) is 28.1 Å². The normalized spacial score (nSPS) is 11.5. The van der Waals surface area contributed by atoms with Crippen molar-refractivity contribution in [1.82, 2.24) is 4.98 Å². The summed E-state index contributed by atoms with van der Waals surface area (Å²) in [7, 11) is -3.71. The van der Waals surface area contributed by atoms with Gasteiger partial charge in [-0.2, -0.15) is 0 Å². The van der Waals surface area contributed by atoms with E-state index in [1.807, 2.05) is 6.07 Å². The average molecular weight is 442 g/mol. The van der Waals surface area contributed by atoms with Crippen molar-refractivity contribution >= 4 is 58.3 Å². The predicted octanol–water partition coefficient (Wildman–Crippen LogP) is 4.56. The molecule has 0 radical (unpaired) electrons. The molecule has 0 aliphatic heterocycles. The number of benzene rings is 2. The standard InChI is InChI=1S/C15H10Br2N2O2S/c16-11-4-5-13(17)15(8-11)22(20,21)19-14-3-1-2-10-9-18-7-6-12(10)14/h1-9,19H. The topological polar surface area (TPSA) is 59.1 Å². The molecule has 1 heterocycles. The number of anilines is 1. The lowest BCUT2D eigenvalue weighted by Gasteiger charge is -2.12. The molecular weight excluding hydrogens is 432 g/mol. The van der Waals surface area contributed by atoms with Crippen molar-refractivity contribution in [3.05, 3.63) is 63.8 Å². The van der Waals surface area contributed by atoms with E-state index in [1.165, 1.54) is 0 Å². The molecule has 0 bridgehead atoms. The van der Waals surface area contributed by atoms with Crippen LogP contribution in [-0.4, -0.2) is 13.4 Å².